The highest BCUT2D eigenvalue weighted by atomic mass is 19.1. The fourth-order valence-corrected chi connectivity index (χ4v) is 4.23. The zero-order chi connectivity index (χ0) is 21.1. The van der Waals surface area contributed by atoms with Gasteiger partial charge in [-0.25, -0.2) is 13.6 Å². The number of halogens is 2. The van der Waals surface area contributed by atoms with Crippen LogP contribution in [0.3, 0.4) is 0 Å². The third-order valence-corrected chi connectivity index (χ3v) is 5.82. The van der Waals surface area contributed by atoms with Gasteiger partial charge in [-0.15, -0.1) is 0 Å². The second-order valence-corrected chi connectivity index (χ2v) is 7.86. The van der Waals surface area contributed by atoms with Crippen LogP contribution in [0.4, 0.5) is 13.6 Å². The van der Waals surface area contributed by atoms with Crippen LogP contribution in [-0.2, 0) is 16.0 Å². The molecule has 2 heterocycles. The van der Waals surface area contributed by atoms with Crippen LogP contribution in [0, 0.1) is 17.6 Å². The van der Waals surface area contributed by atoms with Gasteiger partial charge in [0, 0.05) is 36.3 Å². The lowest BCUT2D eigenvalue weighted by atomic mass is 9.81. The summed E-state index contributed by atoms with van der Waals surface area (Å²) in [5, 5.41) is 0. The summed E-state index contributed by atoms with van der Waals surface area (Å²) in [6, 6.07) is 3.32. The first-order valence-corrected chi connectivity index (χ1v) is 10.2. The maximum Gasteiger partial charge on any atom is 0.410 e. The number of amides is 1. The number of hydrogen-bond donors (Lipinski definition) is 0. The van der Waals surface area contributed by atoms with Gasteiger partial charge in [-0.2, -0.15) is 0 Å². The van der Waals surface area contributed by atoms with Crippen molar-refractivity contribution < 1.29 is 23.1 Å². The maximum absolute atomic E-state index is 13.4. The van der Waals surface area contributed by atoms with E-state index in [0.29, 0.717) is 23.6 Å². The van der Waals surface area contributed by atoms with Gasteiger partial charge in [0.05, 0.1) is 30.6 Å². The van der Waals surface area contributed by atoms with E-state index >= 15 is 0 Å². The maximum atomic E-state index is 13.4. The quantitative estimate of drug-likeness (QED) is 0.740. The molecule has 30 heavy (non-hydrogen) atoms. The molecule has 1 saturated carbocycles. The van der Waals surface area contributed by atoms with E-state index < -0.39 is 11.6 Å². The molecule has 6 nitrogen and oxygen atoms in total. The summed E-state index contributed by atoms with van der Waals surface area (Å²) in [7, 11) is 0. The van der Waals surface area contributed by atoms with E-state index in [1.54, 1.807) is 4.90 Å². The molecular weight excluding hydrogens is 392 g/mol. The molecule has 0 unspecified atom stereocenters. The van der Waals surface area contributed by atoms with Gasteiger partial charge < -0.3 is 9.64 Å². The van der Waals surface area contributed by atoms with Crippen LogP contribution in [0.15, 0.2) is 30.6 Å². The fourth-order valence-electron chi connectivity index (χ4n) is 4.23. The van der Waals surface area contributed by atoms with Crippen LogP contribution < -0.4 is 0 Å². The first-order valence-electron chi connectivity index (χ1n) is 10.2. The summed E-state index contributed by atoms with van der Waals surface area (Å²) < 4.78 is 31.9. The van der Waals surface area contributed by atoms with Gasteiger partial charge in [-0.3, -0.25) is 14.8 Å². The molecule has 0 atom stereocenters. The second-order valence-electron chi connectivity index (χ2n) is 7.86. The lowest BCUT2D eigenvalue weighted by Gasteiger charge is -2.37. The molecule has 2 fully saturated rings. The number of hydrogen-bond acceptors (Lipinski definition) is 5. The fraction of sp³-hybridized carbons (Fsp3) is 0.455. The molecule has 1 saturated heterocycles. The number of carbonyl (C=O) groups excluding carboxylic acids is 2. The third-order valence-electron chi connectivity index (χ3n) is 5.82. The van der Waals surface area contributed by atoms with Gasteiger partial charge in [0.1, 0.15) is 17.4 Å². The summed E-state index contributed by atoms with van der Waals surface area (Å²) in [6.45, 7) is 1.20. The Bertz CT molecular complexity index is 907. The summed E-state index contributed by atoms with van der Waals surface area (Å²) in [6.07, 6.45) is 6.74. The number of carbonyl (C=O) groups is 2. The minimum absolute atomic E-state index is 0.0548. The Morgan fingerprint density at radius 3 is 2.43 bits per heavy atom. The molecule has 1 aromatic carbocycles. The lowest BCUT2D eigenvalue weighted by molar-refractivity contribution is -0.123. The van der Waals surface area contributed by atoms with Gasteiger partial charge >= 0.3 is 6.09 Å². The summed E-state index contributed by atoms with van der Waals surface area (Å²) >= 11 is 0. The van der Waals surface area contributed by atoms with E-state index in [9.17, 15) is 18.4 Å². The predicted octanol–water partition coefficient (Wildman–Crippen LogP) is 3.93. The van der Waals surface area contributed by atoms with Crippen molar-refractivity contribution in [3.63, 3.8) is 0 Å². The van der Waals surface area contributed by atoms with Crippen molar-refractivity contribution in [3.05, 3.63) is 47.9 Å². The average Bonchev–Trinajstić information content (AvgIpc) is 2.74. The summed E-state index contributed by atoms with van der Waals surface area (Å²) in [5.41, 5.74) is 1.17. The number of cyclic esters (lactones) is 1. The Kier molecular flexibility index (Phi) is 6.01. The number of ether oxygens (including phenoxy) is 1. The normalized spacial score (nSPS) is 21.9. The van der Waals surface area contributed by atoms with E-state index in [4.69, 9.17) is 4.74 Å². The molecule has 1 amide bonds. The number of nitrogens with zero attached hydrogens (tertiary/aromatic N) is 3. The van der Waals surface area contributed by atoms with Crippen molar-refractivity contribution in [2.45, 2.75) is 44.6 Å². The average molecular weight is 415 g/mol. The van der Waals surface area contributed by atoms with Gasteiger partial charge in [0.25, 0.3) is 0 Å². The molecular formula is C22H23F2N3O3. The zero-order valence-electron chi connectivity index (χ0n) is 16.5. The number of benzene rings is 1. The molecule has 0 radical (unpaired) electrons. The molecule has 8 heteroatoms. The minimum Gasteiger partial charge on any atom is -0.449 e. The Hall–Kier alpha value is -2.90. The van der Waals surface area contributed by atoms with E-state index in [1.807, 2.05) is 0 Å². The van der Waals surface area contributed by atoms with E-state index in [-0.39, 0.29) is 30.3 Å². The number of aromatic nitrogens is 2. The third kappa shape index (κ3) is 4.63. The van der Waals surface area contributed by atoms with E-state index in [2.05, 4.69) is 9.97 Å². The molecule has 1 aliphatic carbocycles. The molecule has 1 aromatic heterocycles. The van der Waals surface area contributed by atoms with Crippen molar-refractivity contribution in [2.75, 3.05) is 13.2 Å². The van der Waals surface area contributed by atoms with Crippen molar-refractivity contribution >= 4 is 11.9 Å². The van der Waals surface area contributed by atoms with Gasteiger partial charge in [0.15, 0.2) is 0 Å². The molecule has 0 spiro atoms. The Labute approximate surface area is 173 Å². The van der Waals surface area contributed by atoms with Crippen LogP contribution in [0.25, 0.3) is 11.3 Å². The number of rotatable bonds is 5. The van der Waals surface area contributed by atoms with Gasteiger partial charge in [-0.1, -0.05) is 0 Å². The highest BCUT2D eigenvalue weighted by Gasteiger charge is 2.33. The van der Waals surface area contributed by atoms with Gasteiger partial charge in [-0.05, 0) is 44.2 Å². The van der Waals surface area contributed by atoms with Crippen molar-refractivity contribution in [3.8, 4) is 11.3 Å². The topological polar surface area (TPSA) is 72.4 Å². The second kappa shape index (κ2) is 8.85. The predicted molar refractivity (Wildman–Crippen MR) is 105 cm³/mol. The zero-order valence-corrected chi connectivity index (χ0v) is 16.5. The SMILES string of the molecule is O=C(Cc1cnc(-c2cc(F)cc(F)c2)cn1)C1CCC(N2CCCOC2=O)CC1. The van der Waals surface area contributed by atoms with Crippen molar-refractivity contribution in [2.24, 2.45) is 5.92 Å². The highest BCUT2D eigenvalue weighted by Crippen LogP contribution is 2.30. The molecule has 4 rings (SSSR count). The van der Waals surface area contributed by atoms with Crippen LogP contribution in [0.5, 0.6) is 0 Å². The van der Waals surface area contributed by atoms with Crippen molar-refractivity contribution in [1.29, 1.82) is 0 Å². The molecule has 2 aromatic rings. The molecule has 1 aliphatic heterocycles. The first-order chi connectivity index (χ1) is 14.5. The Morgan fingerprint density at radius 2 is 1.80 bits per heavy atom. The first kappa shape index (κ1) is 20.4. The van der Waals surface area contributed by atoms with Crippen LogP contribution in [0.1, 0.15) is 37.8 Å². The molecule has 158 valence electrons. The minimum atomic E-state index is -0.681. The van der Waals surface area contributed by atoms with Gasteiger partial charge in [0.2, 0.25) is 0 Å². The van der Waals surface area contributed by atoms with Crippen LogP contribution >= 0.6 is 0 Å². The lowest BCUT2D eigenvalue weighted by Crippen LogP contribution is -2.46. The van der Waals surface area contributed by atoms with Crippen LogP contribution in [0.2, 0.25) is 0 Å². The summed E-state index contributed by atoms with van der Waals surface area (Å²) in [4.78, 5) is 34.8. The highest BCUT2D eigenvalue weighted by molar-refractivity contribution is 5.83. The Balaban J connectivity index is 1.32. The standard InChI is InChI=1S/C22H23F2N3O3/c23-16-8-15(9-17(24)10-16)20-13-25-18(12-26-20)11-21(28)14-2-4-19(5-3-14)27-6-1-7-30-22(27)29/h8-10,12-14,19H,1-7,11H2. The van der Waals surface area contributed by atoms with E-state index in [1.165, 1.54) is 24.5 Å². The monoisotopic (exact) mass is 415 g/mol. The largest absolute Gasteiger partial charge is 0.449 e. The smallest absolute Gasteiger partial charge is 0.410 e. The Morgan fingerprint density at radius 1 is 1.07 bits per heavy atom. The molecule has 2 aliphatic rings. The number of ketones is 1. The number of Topliss-reactive ketones (excluding diaryl/α,β-unsaturated/α-hetero) is 1. The van der Waals surface area contributed by atoms with E-state index in [0.717, 1.165) is 44.7 Å². The van der Waals surface area contributed by atoms with Crippen molar-refractivity contribution in [1.82, 2.24) is 14.9 Å². The summed E-state index contributed by atoms with van der Waals surface area (Å²) in [5.74, 6) is -1.31. The van der Waals surface area contributed by atoms with Crippen LogP contribution in [-0.4, -0.2) is 45.9 Å². The molecule has 0 bridgehead atoms. The molecule has 0 N–H and O–H groups in total.